The molecule has 1 amide bonds. The minimum absolute atomic E-state index is 0.0377. The number of hydrogen-bond acceptors (Lipinski definition) is 5. The van der Waals surface area contributed by atoms with Crippen molar-refractivity contribution in [3.63, 3.8) is 0 Å². The molecular weight excluding hydrogens is 276 g/mol. The topological polar surface area (TPSA) is 54.5 Å². The number of hydrogen-bond donors (Lipinski definition) is 1. The van der Waals surface area contributed by atoms with E-state index in [4.69, 9.17) is 4.74 Å². The summed E-state index contributed by atoms with van der Waals surface area (Å²) in [7, 11) is 0. The van der Waals surface area contributed by atoms with E-state index in [-0.39, 0.29) is 25.6 Å². The van der Waals surface area contributed by atoms with Crippen molar-refractivity contribution in [2.75, 3.05) is 31.6 Å². The van der Waals surface area contributed by atoms with E-state index in [2.05, 4.69) is 10.3 Å². The fraction of sp³-hybridized carbons (Fsp3) is 0.636. The first-order valence-corrected chi connectivity index (χ1v) is 6.71. The van der Waals surface area contributed by atoms with E-state index in [1.54, 1.807) is 16.5 Å². The number of rotatable bonds is 4. The quantitative estimate of drug-likeness (QED) is 0.912. The summed E-state index contributed by atoms with van der Waals surface area (Å²) in [5.41, 5.74) is -1.50. The monoisotopic (exact) mass is 291 g/mol. The minimum atomic E-state index is -2.57. The Morgan fingerprint density at radius 1 is 1.74 bits per heavy atom. The third-order valence-electron chi connectivity index (χ3n) is 2.88. The van der Waals surface area contributed by atoms with Gasteiger partial charge in [-0.2, -0.15) is 0 Å². The summed E-state index contributed by atoms with van der Waals surface area (Å²) in [5, 5.41) is 4.88. The molecule has 0 spiro atoms. The molecule has 5 nitrogen and oxygen atoms in total. The van der Waals surface area contributed by atoms with Crippen molar-refractivity contribution in [2.24, 2.45) is 0 Å². The maximum absolute atomic E-state index is 12.9. The molecule has 8 heteroatoms. The van der Waals surface area contributed by atoms with Crippen molar-refractivity contribution < 1.29 is 18.3 Å². The molecule has 2 heterocycles. The van der Waals surface area contributed by atoms with Gasteiger partial charge in [-0.15, -0.1) is 11.3 Å². The van der Waals surface area contributed by atoms with Crippen molar-refractivity contribution >= 4 is 22.4 Å². The number of nitrogens with one attached hydrogen (secondary N) is 1. The molecule has 1 fully saturated rings. The second-order valence-corrected chi connectivity index (χ2v) is 5.45. The first-order valence-electron chi connectivity index (χ1n) is 5.83. The number of carbonyl (C=O) groups excluding carboxylic acids is 1. The predicted molar refractivity (Wildman–Crippen MR) is 67.5 cm³/mol. The molecule has 19 heavy (non-hydrogen) atoms. The molecule has 1 aromatic rings. The fourth-order valence-corrected chi connectivity index (χ4v) is 2.44. The van der Waals surface area contributed by atoms with Gasteiger partial charge in [-0.05, 0) is 6.92 Å². The number of ether oxygens (including phenoxy) is 1. The van der Waals surface area contributed by atoms with Crippen LogP contribution in [0.5, 0.6) is 0 Å². The molecule has 0 aromatic carbocycles. The highest BCUT2D eigenvalue weighted by atomic mass is 32.1. The number of alkyl halides is 2. The molecule has 1 unspecified atom stereocenters. The Labute approximate surface area is 113 Å². The van der Waals surface area contributed by atoms with Crippen LogP contribution in [-0.2, 0) is 9.53 Å². The van der Waals surface area contributed by atoms with Crippen molar-refractivity contribution in [1.82, 2.24) is 9.88 Å². The molecule has 2 rings (SSSR count). The Balaban J connectivity index is 1.87. The summed E-state index contributed by atoms with van der Waals surface area (Å²) in [6, 6.07) is 0. The van der Waals surface area contributed by atoms with E-state index in [1.807, 2.05) is 0 Å². The van der Waals surface area contributed by atoms with Crippen LogP contribution in [0.3, 0.4) is 0 Å². The zero-order valence-corrected chi connectivity index (χ0v) is 11.3. The third-order valence-corrected chi connectivity index (χ3v) is 3.57. The molecule has 0 radical (unpaired) electrons. The predicted octanol–water partition coefficient (Wildman–Crippen LogP) is 1.44. The van der Waals surface area contributed by atoms with Crippen LogP contribution in [0.25, 0.3) is 0 Å². The summed E-state index contributed by atoms with van der Waals surface area (Å²) >= 11 is 1.31. The highest BCUT2D eigenvalue weighted by molar-refractivity contribution is 7.13. The van der Waals surface area contributed by atoms with Crippen molar-refractivity contribution in [3.8, 4) is 0 Å². The highest BCUT2D eigenvalue weighted by Gasteiger charge is 2.40. The van der Waals surface area contributed by atoms with Gasteiger partial charge < -0.3 is 10.1 Å². The second kappa shape index (κ2) is 5.89. The fourth-order valence-electron chi connectivity index (χ4n) is 1.89. The molecule has 1 aliphatic heterocycles. The number of aromatic nitrogens is 1. The SMILES string of the molecule is CC1(C(F)F)CN(CC(=O)Nc2nccs2)CCO1. The zero-order chi connectivity index (χ0) is 13.9. The summed E-state index contributed by atoms with van der Waals surface area (Å²) in [5.74, 6) is -0.256. The van der Waals surface area contributed by atoms with Crippen LogP contribution in [0, 0.1) is 0 Å². The lowest BCUT2D eigenvalue weighted by atomic mass is 10.1. The molecule has 0 saturated carbocycles. The van der Waals surface area contributed by atoms with Gasteiger partial charge in [-0.25, -0.2) is 13.8 Å². The first-order chi connectivity index (χ1) is 8.99. The summed E-state index contributed by atoms with van der Waals surface area (Å²) < 4.78 is 30.8. The van der Waals surface area contributed by atoms with Gasteiger partial charge in [-0.3, -0.25) is 9.69 Å². The van der Waals surface area contributed by atoms with Crippen LogP contribution in [0.15, 0.2) is 11.6 Å². The highest BCUT2D eigenvalue weighted by Crippen LogP contribution is 2.24. The van der Waals surface area contributed by atoms with Crippen LogP contribution < -0.4 is 5.32 Å². The van der Waals surface area contributed by atoms with Gasteiger partial charge in [0.05, 0.1) is 13.2 Å². The van der Waals surface area contributed by atoms with Crippen LogP contribution >= 0.6 is 11.3 Å². The third kappa shape index (κ3) is 3.68. The molecule has 1 aliphatic rings. The van der Waals surface area contributed by atoms with E-state index in [0.717, 1.165) is 0 Å². The van der Waals surface area contributed by atoms with Gasteiger partial charge in [0.15, 0.2) is 5.13 Å². The van der Waals surface area contributed by atoms with Gasteiger partial charge in [0.1, 0.15) is 5.60 Å². The zero-order valence-electron chi connectivity index (χ0n) is 10.4. The first kappa shape index (κ1) is 14.3. The Kier molecular flexibility index (Phi) is 4.43. The van der Waals surface area contributed by atoms with E-state index in [9.17, 15) is 13.6 Å². The Hall–Kier alpha value is -1.12. The molecule has 1 atom stereocenters. The van der Waals surface area contributed by atoms with E-state index >= 15 is 0 Å². The van der Waals surface area contributed by atoms with Crippen LogP contribution in [0.2, 0.25) is 0 Å². The lowest BCUT2D eigenvalue weighted by Crippen LogP contribution is -2.55. The Morgan fingerprint density at radius 3 is 3.16 bits per heavy atom. The lowest BCUT2D eigenvalue weighted by molar-refractivity contribution is -0.170. The lowest BCUT2D eigenvalue weighted by Gasteiger charge is -2.39. The molecule has 1 saturated heterocycles. The smallest absolute Gasteiger partial charge is 0.268 e. The van der Waals surface area contributed by atoms with Gasteiger partial charge in [-0.1, -0.05) is 0 Å². The molecule has 1 N–H and O–H groups in total. The van der Waals surface area contributed by atoms with Gasteiger partial charge in [0.25, 0.3) is 6.43 Å². The molecule has 106 valence electrons. The van der Waals surface area contributed by atoms with E-state index < -0.39 is 12.0 Å². The number of amides is 1. The number of carbonyl (C=O) groups is 1. The average molecular weight is 291 g/mol. The second-order valence-electron chi connectivity index (χ2n) is 4.56. The minimum Gasteiger partial charge on any atom is -0.367 e. The van der Waals surface area contributed by atoms with E-state index in [1.165, 1.54) is 18.3 Å². The Bertz CT molecular complexity index is 430. The van der Waals surface area contributed by atoms with Crippen LogP contribution in [0.4, 0.5) is 13.9 Å². The molecule has 0 aliphatic carbocycles. The number of halogens is 2. The maximum atomic E-state index is 12.9. The van der Waals surface area contributed by atoms with Crippen LogP contribution in [0.1, 0.15) is 6.92 Å². The van der Waals surface area contributed by atoms with Gasteiger partial charge in [0.2, 0.25) is 5.91 Å². The number of anilines is 1. The summed E-state index contributed by atoms with van der Waals surface area (Å²) in [6.07, 6.45) is -0.986. The maximum Gasteiger partial charge on any atom is 0.268 e. The van der Waals surface area contributed by atoms with Gasteiger partial charge in [0, 0.05) is 24.7 Å². The number of morpholine rings is 1. The molecule has 1 aromatic heterocycles. The normalized spacial score (nSPS) is 24.6. The Morgan fingerprint density at radius 2 is 2.53 bits per heavy atom. The summed E-state index contributed by atoms with van der Waals surface area (Å²) in [4.78, 5) is 17.3. The van der Waals surface area contributed by atoms with Gasteiger partial charge >= 0.3 is 0 Å². The number of thiazole rings is 1. The van der Waals surface area contributed by atoms with Crippen LogP contribution in [-0.4, -0.2) is 54.1 Å². The summed E-state index contributed by atoms with van der Waals surface area (Å²) in [6.45, 7) is 2.13. The largest absolute Gasteiger partial charge is 0.367 e. The molecular formula is C11H15F2N3O2S. The standard InChI is InChI=1S/C11H15F2N3O2S/c1-11(9(12)13)7-16(3-4-18-11)6-8(17)15-10-14-2-5-19-10/h2,5,9H,3-4,6-7H2,1H3,(H,14,15,17). The average Bonchev–Trinajstić information content (AvgIpc) is 2.81. The van der Waals surface area contributed by atoms with Crippen molar-refractivity contribution in [1.29, 1.82) is 0 Å². The number of nitrogens with zero attached hydrogens (tertiary/aromatic N) is 2. The van der Waals surface area contributed by atoms with E-state index in [0.29, 0.717) is 11.7 Å². The molecule has 0 bridgehead atoms. The van der Waals surface area contributed by atoms with Crippen molar-refractivity contribution in [3.05, 3.63) is 11.6 Å². The van der Waals surface area contributed by atoms with Crippen molar-refractivity contribution in [2.45, 2.75) is 19.0 Å².